The number of carbonyl (C=O) groups is 6. The number of esters is 3. The van der Waals surface area contributed by atoms with Crippen LogP contribution < -0.4 is 0 Å². The number of hydrogen-bond acceptors (Lipinski definition) is 11. The highest BCUT2D eigenvalue weighted by Gasteiger charge is 2.29. The molecule has 2 atom stereocenters. The predicted molar refractivity (Wildman–Crippen MR) is 110 cm³/mol. The first kappa shape index (κ1) is 32.1. The van der Waals surface area contributed by atoms with Crippen LogP contribution in [0.2, 0.25) is 0 Å². The first-order chi connectivity index (χ1) is 15.7. The number of carboxylic acids is 3. The average molecular weight is 490 g/mol. The van der Waals surface area contributed by atoms with E-state index in [0.717, 1.165) is 0 Å². The lowest BCUT2D eigenvalue weighted by Gasteiger charge is -2.15. The van der Waals surface area contributed by atoms with Crippen LogP contribution >= 0.6 is 0 Å². The Morgan fingerprint density at radius 3 is 1.32 bits per heavy atom. The number of aliphatic carboxylic acids is 2. The largest absolute Gasteiger partial charge is 0.479 e. The van der Waals surface area contributed by atoms with E-state index in [2.05, 4.69) is 9.47 Å². The number of aliphatic hydroxyl groups excluding tert-OH is 2. The van der Waals surface area contributed by atoms with E-state index in [4.69, 9.17) is 30.3 Å². The van der Waals surface area contributed by atoms with Gasteiger partial charge in [-0.2, -0.15) is 0 Å². The number of benzene rings is 1. The molecular formula is C20H26O14. The molecule has 1 aromatic carbocycles. The van der Waals surface area contributed by atoms with Crippen LogP contribution in [-0.2, 0) is 38.2 Å². The fourth-order valence-corrected chi connectivity index (χ4v) is 1.62. The molecule has 5 N–H and O–H groups in total. The van der Waals surface area contributed by atoms with Gasteiger partial charge in [0.2, 0.25) is 0 Å². The van der Waals surface area contributed by atoms with E-state index in [0.29, 0.717) is 5.56 Å². The highest BCUT2D eigenvalue weighted by molar-refractivity contribution is 5.87. The Bertz CT molecular complexity index is 784. The summed E-state index contributed by atoms with van der Waals surface area (Å²) in [5, 5.41) is 40.9. The molecular weight excluding hydrogens is 464 g/mol. The minimum atomic E-state index is -2.27. The summed E-state index contributed by atoms with van der Waals surface area (Å²) in [5.74, 6) is -5.93. The Kier molecular flexibility index (Phi) is 16.6. The van der Waals surface area contributed by atoms with Crippen LogP contribution in [0.1, 0.15) is 31.1 Å². The number of aliphatic hydroxyl groups is 2. The molecule has 0 aliphatic heterocycles. The summed E-state index contributed by atoms with van der Waals surface area (Å²) in [5.41, 5.74) is 0.331. The number of rotatable bonds is 9. The van der Waals surface area contributed by atoms with Crippen molar-refractivity contribution in [3.05, 3.63) is 35.9 Å². The number of hydrogen-bond donors (Lipinski definition) is 5. The van der Waals surface area contributed by atoms with E-state index >= 15 is 0 Å². The maximum Gasteiger partial charge on any atom is 0.335 e. The third-order valence-electron chi connectivity index (χ3n) is 3.10. The summed E-state index contributed by atoms with van der Waals surface area (Å²) in [7, 11) is 0. The third kappa shape index (κ3) is 17.6. The van der Waals surface area contributed by atoms with Crippen molar-refractivity contribution in [3.63, 3.8) is 0 Å². The SMILES string of the molecule is CC(=O)OCC(COC(C)=O)OC(C)=O.O=C(O)C(O)C(O)C(=O)O.O=C(O)c1ccccc1. The smallest absolute Gasteiger partial charge is 0.335 e. The maximum atomic E-state index is 10.6. The van der Waals surface area contributed by atoms with Gasteiger partial charge in [0, 0.05) is 20.8 Å². The van der Waals surface area contributed by atoms with Crippen LogP contribution in [-0.4, -0.2) is 92.9 Å². The molecule has 0 saturated heterocycles. The van der Waals surface area contributed by atoms with Crippen LogP contribution in [0.15, 0.2) is 30.3 Å². The lowest BCUT2D eigenvalue weighted by molar-refractivity contribution is -0.165. The average Bonchev–Trinajstić information content (AvgIpc) is 2.75. The summed E-state index contributed by atoms with van der Waals surface area (Å²) in [4.78, 5) is 61.4. The molecule has 0 radical (unpaired) electrons. The summed E-state index contributed by atoms with van der Waals surface area (Å²) < 4.78 is 14.0. The summed E-state index contributed by atoms with van der Waals surface area (Å²) in [6.07, 6.45) is -5.29. The fraction of sp³-hybridized carbons (Fsp3) is 0.400. The zero-order chi connectivity index (χ0) is 26.8. The zero-order valence-corrected chi connectivity index (χ0v) is 18.4. The Balaban J connectivity index is 0. The van der Waals surface area contributed by atoms with Crippen LogP contribution in [0.25, 0.3) is 0 Å². The molecule has 34 heavy (non-hydrogen) atoms. The van der Waals surface area contributed by atoms with Gasteiger partial charge in [-0.1, -0.05) is 18.2 Å². The Morgan fingerprint density at radius 1 is 0.706 bits per heavy atom. The van der Waals surface area contributed by atoms with E-state index in [1.165, 1.54) is 20.8 Å². The van der Waals surface area contributed by atoms with Gasteiger partial charge < -0.3 is 39.7 Å². The van der Waals surface area contributed by atoms with Crippen LogP contribution in [0.4, 0.5) is 0 Å². The third-order valence-corrected chi connectivity index (χ3v) is 3.10. The van der Waals surface area contributed by atoms with E-state index in [-0.39, 0.29) is 13.2 Å². The molecule has 1 rings (SSSR count). The molecule has 0 bridgehead atoms. The first-order valence-electron chi connectivity index (χ1n) is 9.23. The first-order valence-corrected chi connectivity index (χ1v) is 9.23. The van der Waals surface area contributed by atoms with Crippen molar-refractivity contribution in [1.29, 1.82) is 0 Å². The highest BCUT2D eigenvalue weighted by Crippen LogP contribution is 1.97. The molecule has 0 aliphatic rings. The van der Waals surface area contributed by atoms with Crippen molar-refractivity contribution in [2.24, 2.45) is 0 Å². The summed E-state index contributed by atoms with van der Waals surface area (Å²) in [6, 6.07) is 8.30. The minimum Gasteiger partial charge on any atom is -0.479 e. The molecule has 14 heteroatoms. The maximum absolute atomic E-state index is 10.6. The second kappa shape index (κ2) is 17.5. The number of ether oxygens (including phenoxy) is 3. The molecule has 0 aliphatic carbocycles. The quantitative estimate of drug-likeness (QED) is 0.213. The standard InChI is InChI=1S/C9H14O6.C7H6O2.C4H6O6/c1-6(10)13-4-9(15-8(3)12)5-14-7(2)11;8-7(9)6-4-2-1-3-5-6;5-1(3(7)8)2(6)4(9)10/h9H,4-5H2,1-3H3;1-5H,(H,8,9);1-2,5-6H,(H,7,8)(H,9,10). The molecule has 1 aromatic rings. The van der Waals surface area contributed by atoms with E-state index < -0.39 is 54.1 Å². The molecule has 0 heterocycles. The van der Waals surface area contributed by atoms with Gasteiger partial charge in [0.15, 0.2) is 18.3 Å². The normalized spacial score (nSPS) is 11.2. The minimum absolute atomic E-state index is 0.123. The number of aromatic carboxylic acids is 1. The lowest BCUT2D eigenvalue weighted by atomic mass is 10.2. The van der Waals surface area contributed by atoms with Gasteiger partial charge in [-0.3, -0.25) is 14.4 Å². The second-order valence-electron chi connectivity index (χ2n) is 6.07. The van der Waals surface area contributed by atoms with Gasteiger partial charge in [-0.25, -0.2) is 14.4 Å². The van der Waals surface area contributed by atoms with Gasteiger partial charge in [-0.05, 0) is 12.1 Å². The molecule has 14 nitrogen and oxygen atoms in total. The molecule has 0 fully saturated rings. The van der Waals surface area contributed by atoms with Gasteiger partial charge in [0.05, 0.1) is 5.56 Å². The van der Waals surface area contributed by atoms with Crippen molar-refractivity contribution < 1.29 is 68.5 Å². The zero-order valence-electron chi connectivity index (χ0n) is 18.4. The van der Waals surface area contributed by atoms with Gasteiger partial charge in [0.25, 0.3) is 0 Å². The van der Waals surface area contributed by atoms with Gasteiger partial charge in [0.1, 0.15) is 13.2 Å². The number of carbonyl (C=O) groups excluding carboxylic acids is 3. The van der Waals surface area contributed by atoms with E-state index in [9.17, 15) is 28.8 Å². The molecule has 0 amide bonds. The molecule has 0 spiro atoms. The van der Waals surface area contributed by atoms with Crippen molar-refractivity contribution >= 4 is 35.8 Å². The molecule has 2 unspecified atom stereocenters. The Morgan fingerprint density at radius 2 is 1.09 bits per heavy atom. The summed E-state index contributed by atoms with van der Waals surface area (Å²) in [6.45, 7) is 3.44. The molecule has 0 aromatic heterocycles. The van der Waals surface area contributed by atoms with Gasteiger partial charge >= 0.3 is 35.8 Å². The van der Waals surface area contributed by atoms with Crippen LogP contribution in [0, 0.1) is 0 Å². The lowest BCUT2D eigenvalue weighted by Crippen LogP contribution is -2.39. The predicted octanol–water partition coefficient (Wildman–Crippen LogP) is -0.693. The fourth-order valence-electron chi connectivity index (χ4n) is 1.62. The second-order valence-corrected chi connectivity index (χ2v) is 6.07. The summed E-state index contributed by atoms with van der Waals surface area (Å²) >= 11 is 0. The van der Waals surface area contributed by atoms with Crippen molar-refractivity contribution in [3.8, 4) is 0 Å². The topological polar surface area (TPSA) is 231 Å². The van der Waals surface area contributed by atoms with Crippen molar-refractivity contribution in [2.45, 2.75) is 39.1 Å². The van der Waals surface area contributed by atoms with Crippen molar-refractivity contribution in [1.82, 2.24) is 0 Å². The molecule has 190 valence electrons. The number of carboxylic acid groups (broad SMARTS) is 3. The van der Waals surface area contributed by atoms with Crippen LogP contribution in [0.5, 0.6) is 0 Å². The Hall–Kier alpha value is -4.04. The van der Waals surface area contributed by atoms with Crippen molar-refractivity contribution in [2.75, 3.05) is 13.2 Å². The highest BCUT2D eigenvalue weighted by atomic mass is 16.6. The van der Waals surface area contributed by atoms with E-state index in [1.807, 2.05) is 0 Å². The van der Waals surface area contributed by atoms with Crippen LogP contribution in [0.3, 0.4) is 0 Å². The molecule has 0 saturated carbocycles. The monoisotopic (exact) mass is 490 g/mol. The van der Waals surface area contributed by atoms with E-state index in [1.54, 1.807) is 30.3 Å². The Labute approximate surface area is 193 Å². The van der Waals surface area contributed by atoms with Gasteiger partial charge in [-0.15, -0.1) is 0 Å².